The van der Waals surface area contributed by atoms with Crippen molar-refractivity contribution >= 4 is 16.8 Å². The highest BCUT2D eigenvalue weighted by molar-refractivity contribution is 6.05. The maximum absolute atomic E-state index is 13.3. The van der Waals surface area contributed by atoms with Crippen molar-refractivity contribution in [2.24, 2.45) is 0 Å². The summed E-state index contributed by atoms with van der Waals surface area (Å²) in [6.45, 7) is 3.41. The molecule has 1 fully saturated rings. The van der Waals surface area contributed by atoms with Crippen molar-refractivity contribution in [3.8, 4) is 5.75 Å². The molecule has 26 heavy (non-hydrogen) atoms. The highest BCUT2D eigenvalue weighted by Gasteiger charge is 2.31. The number of rotatable bonds is 4. The summed E-state index contributed by atoms with van der Waals surface area (Å²) in [5.74, 6) is 0.927. The fourth-order valence-corrected chi connectivity index (χ4v) is 3.74. The predicted molar refractivity (Wildman–Crippen MR) is 102 cm³/mol. The summed E-state index contributed by atoms with van der Waals surface area (Å²) in [5, 5.41) is 0.996. The molecule has 1 aliphatic rings. The van der Waals surface area contributed by atoms with Crippen LogP contribution in [0.4, 0.5) is 0 Å². The monoisotopic (exact) mass is 346 g/mol. The molecular formula is C22H22N2O2. The SMILES string of the molecule is CCOc1ccc(C2CCCN2C(=O)c2cccc3cccnc23)cc1. The van der Waals surface area contributed by atoms with Gasteiger partial charge in [-0.05, 0) is 49.6 Å². The molecule has 0 spiro atoms. The quantitative estimate of drug-likeness (QED) is 0.693. The molecule has 4 nitrogen and oxygen atoms in total. The minimum Gasteiger partial charge on any atom is -0.494 e. The van der Waals surface area contributed by atoms with Gasteiger partial charge >= 0.3 is 0 Å². The standard InChI is InChI=1S/C22H22N2O2/c1-2-26-18-12-10-16(11-13-18)20-9-5-15-24(20)22(25)19-8-3-6-17-7-4-14-23-21(17)19/h3-4,6-8,10-14,20H,2,5,9,15H2,1H3. The van der Waals surface area contributed by atoms with E-state index in [1.165, 1.54) is 0 Å². The normalized spacial score (nSPS) is 16.8. The van der Waals surface area contributed by atoms with E-state index in [-0.39, 0.29) is 11.9 Å². The van der Waals surface area contributed by atoms with Crippen LogP contribution in [0.1, 0.15) is 41.7 Å². The number of amides is 1. The third kappa shape index (κ3) is 3.03. The van der Waals surface area contributed by atoms with Crippen LogP contribution in [0.5, 0.6) is 5.75 Å². The molecule has 0 saturated carbocycles. The van der Waals surface area contributed by atoms with Crippen LogP contribution in [0.2, 0.25) is 0 Å². The highest BCUT2D eigenvalue weighted by Crippen LogP contribution is 2.34. The van der Waals surface area contributed by atoms with Crippen molar-refractivity contribution in [1.82, 2.24) is 9.88 Å². The number of hydrogen-bond acceptors (Lipinski definition) is 3. The molecule has 1 unspecified atom stereocenters. The summed E-state index contributed by atoms with van der Waals surface area (Å²) < 4.78 is 5.53. The Bertz CT molecular complexity index is 916. The van der Waals surface area contributed by atoms with Crippen molar-refractivity contribution in [3.63, 3.8) is 0 Å². The molecule has 2 aromatic carbocycles. The second-order valence-corrected chi connectivity index (χ2v) is 6.54. The Hall–Kier alpha value is -2.88. The number of hydrogen-bond donors (Lipinski definition) is 0. The number of fused-ring (bicyclic) bond motifs is 1. The molecule has 4 rings (SSSR count). The van der Waals surface area contributed by atoms with Gasteiger partial charge in [0.15, 0.2) is 0 Å². The van der Waals surface area contributed by atoms with E-state index in [2.05, 4.69) is 17.1 Å². The second kappa shape index (κ2) is 7.16. The van der Waals surface area contributed by atoms with Gasteiger partial charge in [-0.1, -0.05) is 30.3 Å². The van der Waals surface area contributed by atoms with Gasteiger partial charge in [-0.15, -0.1) is 0 Å². The molecule has 132 valence electrons. The molecule has 0 radical (unpaired) electrons. The van der Waals surface area contributed by atoms with Gasteiger partial charge in [0, 0.05) is 18.1 Å². The van der Waals surface area contributed by atoms with E-state index in [9.17, 15) is 4.79 Å². The zero-order chi connectivity index (χ0) is 17.9. The number of likely N-dealkylation sites (tertiary alicyclic amines) is 1. The van der Waals surface area contributed by atoms with Gasteiger partial charge in [0.1, 0.15) is 5.75 Å². The fraction of sp³-hybridized carbons (Fsp3) is 0.273. The van der Waals surface area contributed by atoms with Gasteiger partial charge < -0.3 is 9.64 Å². The third-order valence-corrected chi connectivity index (χ3v) is 4.95. The highest BCUT2D eigenvalue weighted by atomic mass is 16.5. The molecule has 4 heteroatoms. The van der Waals surface area contributed by atoms with E-state index < -0.39 is 0 Å². The molecular weight excluding hydrogens is 324 g/mol. The summed E-state index contributed by atoms with van der Waals surface area (Å²) in [6.07, 6.45) is 3.74. The fourth-order valence-electron chi connectivity index (χ4n) is 3.74. The number of benzene rings is 2. The van der Waals surface area contributed by atoms with E-state index in [1.807, 2.05) is 54.3 Å². The smallest absolute Gasteiger partial charge is 0.256 e. The minimum absolute atomic E-state index is 0.0608. The van der Waals surface area contributed by atoms with Crippen LogP contribution in [0.3, 0.4) is 0 Å². The lowest BCUT2D eigenvalue weighted by molar-refractivity contribution is 0.0737. The Balaban J connectivity index is 1.64. The number of ether oxygens (including phenoxy) is 1. The lowest BCUT2D eigenvalue weighted by Crippen LogP contribution is -2.30. The van der Waals surface area contributed by atoms with Crippen LogP contribution in [0, 0.1) is 0 Å². The van der Waals surface area contributed by atoms with Crippen LogP contribution in [-0.4, -0.2) is 28.9 Å². The lowest BCUT2D eigenvalue weighted by atomic mass is 10.0. The lowest BCUT2D eigenvalue weighted by Gasteiger charge is -2.25. The van der Waals surface area contributed by atoms with E-state index in [4.69, 9.17) is 4.74 Å². The van der Waals surface area contributed by atoms with Crippen LogP contribution < -0.4 is 4.74 Å². The zero-order valence-corrected chi connectivity index (χ0v) is 14.9. The van der Waals surface area contributed by atoms with E-state index in [0.29, 0.717) is 12.2 Å². The number of aromatic nitrogens is 1. The summed E-state index contributed by atoms with van der Waals surface area (Å²) >= 11 is 0. The van der Waals surface area contributed by atoms with Crippen molar-refractivity contribution < 1.29 is 9.53 Å². The third-order valence-electron chi connectivity index (χ3n) is 4.95. The van der Waals surface area contributed by atoms with Gasteiger partial charge in [0.05, 0.1) is 23.7 Å². The molecule has 2 heterocycles. The van der Waals surface area contributed by atoms with Crippen molar-refractivity contribution in [1.29, 1.82) is 0 Å². The van der Waals surface area contributed by atoms with Crippen LogP contribution in [0.25, 0.3) is 10.9 Å². The molecule has 3 aromatic rings. The molecule has 0 N–H and O–H groups in total. The van der Waals surface area contributed by atoms with Crippen LogP contribution in [0.15, 0.2) is 60.8 Å². The first-order valence-electron chi connectivity index (χ1n) is 9.15. The maximum atomic E-state index is 13.3. The van der Waals surface area contributed by atoms with E-state index in [1.54, 1.807) is 6.20 Å². The van der Waals surface area contributed by atoms with Crippen molar-refractivity contribution in [2.75, 3.05) is 13.2 Å². The van der Waals surface area contributed by atoms with Gasteiger partial charge in [0.25, 0.3) is 5.91 Å². The summed E-state index contributed by atoms with van der Waals surface area (Å²) in [4.78, 5) is 19.7. The van der Waals surface area contributed by atoms with Crippen molar-refractivity contribution in [2.45, 2.75) is 25.8 Å². The number of para-hydroxylation sites is 1. The summed E-state index contributed by atoms with van der Waals surface area (Å²) in [5.41, 5.74) is 2.62. The Morgan fingerprint density at radius 2 is 1.96 bits per heavy atom. The molecule has 1 saturated heterocycles. The van der Waals surface area contributed by atoms with Crippen LogP contribution >= 0.6 is 0 Å². The number of nitrogens with zero attached hydrogens (tertiary/aromatic N) is 2. The zero-order valence-electron chi connectivity index (χ0n) is 14.9. The molecule has 1 atom stereocenters. The summed E-state index contributed by atoms with van der Waals surface area (Å²) in [7, 11) is 0. The number of carbonyl (C=O) groups excluding carboxylic acids is 1. The molecule has 1 amide bonds. The first-order valence-corrected chi connectivity index (χ1v) is 9.15. The second-order valence-electron chi connectivity index (χ2n) is 6.54. The van der Waals surface area contributed by atoms with Gasteiger partial charge in [-0.2, -0.15) is 0 Å². The first kappa shape index (κ1) is 16.6. The Morgan fingerprint density at radius 1 is 1.15 bits per heavy atom. The maximum Gasteiger partial charge on any atom is 0.256 e. The molecule has 0 bridgehead atoms. The molecule has 1 aliphatic heterocycles. The Morgan fingerprint density at radius 3 is 2.77 bits per heavy atom. The van der Waals surface area contributed by atoms with Gasteiger partial charge in [0.2, 0.25) is 0 Å². The Labute approximate surface area is 153 Å². The first-order chi connectivity index (χ1) is 12.8. The van der Waals surface area contributed by atoms with E-state index in [0.717, 1.165) is 41.6 Å². The summed E-state index contributed by atoms with van der Waals surface area (Å²) in [6, 6.07) is 17.9. The topological polar surface area (TPSA) is 42.4 Å². The minimum atomic E-state index is 0.0608. The van der Waals surface area contributed by atoms with E-state index >= 15 is 0 Å². The van der Waals surface area contributed by atoms with Gasteiger partial charge in [-0.3, -0.25) is 9.78 Å². The molecule has 1 aromatic heterocycles. The average Bonchev–Trinajstić information content (AvgIpc) is 3.18. The Kier molecular flexibility index (Phi) is 4.57. The van der Waals surface area contributed by atoms with Crippen LogP contribution in [-0.2, 0) is 0 Å². The van der Waals surface area contributed by atoms with Crippen molar-refractivity contribution in [3.05, 3.63) is 71.9 Å². The number of carbonyl (C=O) groups is 1. The number of pyridine rings is 1. The average molecular weight is 346 g/mol. The largest absolute Gasteiger partial charge is 0.494 e. The van der Waals surface area contributed by atoms with Gasteiger partial charge in [-0.25, -0.2) is 0 Å². The predicted octanol–water partition coefficient (Wildman–Crippen LogP) is 4.61. The molecule has 0 aliphatic carbocycles.